The van der Waals surface area contributed by atoms with Gasteiger partial charge in [-0.25, -0.2) is 4.99 Å². The molecule has 1 unspecified atom stereocenters. The van der Waals surface area contributed by atoms with Crippen molar-refractivity contribution in [3.63, 3.8) is 0 Å². The van der Waals surface area contributed by atoms with Gasteiger partial charge in [-0.3, -0.25) is 0 Å². The predicted octanol–water partition coefficient (Wildman–Crippen LogP) is 0.779. The van der Waals surface area contributed by atoms with Crippen LogP contribution in [0.2, 0.25) is 0 Å². The number of para-hydroxylation sites is 1. The van der Waals surface area contributed by atoms with Gasteiger partial charge in [0.1, 0.15) is 12.4 Å². The van der Waals surface area contributed by atoms with Crippen molar-refractivity contribution in [1.82, 2.24) is 0 Å². The maximum Gasteiger partial charge on any atom is 0.282 e. The van der Waals surface area contributed by atoms with Crippen molar-refractivity contribution >= 4 is 6.02 Å². The summed E-state index contributed by atoms with van der Waals surface area (Å²) in [6.45, 7) is 1.06. The lowest BCUT2D eigenvalue weighted by atomic mass is 10.3. The lowest BCUT2D eigenvalue weighted by molar-refractivity contribution is 0.141. The Morgan fingerprint density at radius 2 is 2.21 bits per heavy atom. The van der Waals surface area contributed by atoms with Crippen LogP contribution >= 0.6 is 0 Å². The Labute approximate surface area is 82.3 Å². The number of hydrogen-bond acceptors (Lipinski definition) is 4. The highest BCUT2D eigenvalue weighted by molar-refractivity contribution is 5.72. The zero-order valence-electron chi connectivity index (χ0n) is 7.72. The Kier molecular flexibility index (Phi) is 2.53. The van der Waals surface area contributed by atoms with Crippen molar-refractivity contribution in [1.29, 1.82) is 0 Å². The largest absolute Gasteiger partial charge is 0.490 e. The lowest BCUT2D eigenvalue weighted by Gasteiger charge is -2.11. The Hall–Kier alpha value is -1.71. The van der Waals surface area contributed by atoms with Crippen molar-refractivity contribution < 1.29 is 9.47 Å². The number of nitrogens with zero attached hydrogens (tertiary/aromatic N) is 1. The predicted molar refractivity (Wildman–Crippen MR) is 53.3 cm³/mol. The average molecular weight is 192 g/mol. The summed E-state index contributed by atoms with van der Waals surface area (Å²) in [4.78, 5) is 3.92. The molecular weight excluding hydrogens is 180 g/mol. The molecule has 0 amide bonds. The molecule has 1 aliphatic rings. The first-order valence-corrected chi connectivity index (χ1v) is 4.49. The maximum atomic E-state index is 5.48. The fourth-order valence-corrected chi connectivity index (χ4v) is 1.23. The highest BCUT2D eigenvalue weighted by Crippen LogP contribution is 2.10. The van der Waals surface area contributed by atoms with Crippen molar-refractivity contribution in [2.24, 2.45) is 10.7 Å². The molecule has 0 bridgehead atoms. The van der Waals surface area contributed by atoms with Crippen LogP contribution in [0.5, 0.6) is 5.75 Å². The quantitative estimate of drug-likeness (QED) is 0.769. The van der Waals surface area contributed by atoms with E-state index in [9.17, 15) is 0 Å². The normalized spacial score (nSPS) is 20.0. The van der Waals surface area contributed by atoms with E-state index in [2.05, 4.69) is 4.99 Å². The second kappa shape index (κ2) is 4.00. The number of aliphatic imine (C=N–C) groups is 1. The summed E-state index contributed by atoms with van der Waals surface area (Å²) < 4.78 is 10.7. The fraction of sp³-hybridized carbons (Fsp3) is 0.300. The van der Waals surface area contributed by atoms with Gasteiger partial charge in [-0.15, -0.1) is 0 Å². The van der Waals surface area contributed by atoms with E-state index in [0.717, 1.165) is 5.75 Å². The molecule has 0 saturated carbocycles. The first kappa shape index (κ1) is 8.87. The summed E-state index contributed by atoms with van der Waals surface area (Å²) in [6, 6.07) is 9.86. The van der Waals surface area contributed by atoms with E-state index in [-0.39, 0.29) is 12.1 Å². The third-order valence-electron chi connectivity index (χ3n) is 1.92. The molecule has 2 rings (SSSR count). The maximum absolute atomic E-state index is 5.48. The molecule has 1 aromatic rings. The second-order valence-corrected chi connectivity index (χ2v) is 3.04. The van der Waals surface area contributed by atoms with Crippen LogP contribution in [0.15, 0.2) is 35.3 Å². The molecule has 0 spiro atoms. The average Bonchev–Trinajstić information content (AvgIpc) is 2.63. The number of amidine groups is 1. The van der Waals surface area contributed by atoms with Crippen LogP contribution in [-0.4, -0.2) is 25.3 Å². The molecule has 2 N–H and O–H groups in total. The molecule has 1 heterocycles. The number of rotatable bonds is 3. The third kappa shape index (κ3) is 2.16. The first-order chi connectivity index (χ1) is 6.84. The Morgan fingerprint density at radius 1 is 1.43 bits per heavy atom. The molecule has 1 atom stereocenters. The van der Waals surface area contributed by atoms with Gasteiger partial charge in [0.15, 0.2) is 6.10 Å². The van der Waals surface area contributed by atoms with Gasteiger partial charge < -0.3 is 15.2 Å². The molecule has 4 heteroatoms. The molecule has 14 heavy (non-hydrogen) atoms. The van der Waals surface area contributed by atoms with Crippen molar-refractivity contribution in [3.05, 3.63) is 30.3 Å². The van der Waals surface area contributed by atoms with Crippen molar-refractivity contribution in [3.8, 4) is 5.75 Å². The second-order valence-electron chi connectivity index (χ2n) is 3.04. The van der Waals surface area contributed by atoms with Crippen LogP contribution in [-0.2, 0) is 4.74 Å². The van der Waals surface area contributed by atoms with Crippen LogP contribution in [0.3, 0.4) is 0 Å². The standard InChI is InChI=1S/C10H12N2O2/c11-10-12-6-9(14-10)7-13-8-4-2-1-3-5-8/h1-5,9H,6-7H2,(H2,11,12). The van der Waals surface area contributed by atoms with E-state index in [1.807, 2.05) is 30.3 Å². The van der Waals surface area contributed by atoms with Gasteiger partial charge in [0.2, 0.25) is 0 Å². The van der Waals surface area contributed by atoms with Gasteiger partial charge in [-0.05, 0) is 12.1 Å². The monoisotopic (exact) mass is 192 g/mol. The highest BCUT2D eigenvalue weighted by Gasteiger charge is 2.17. The summed E-state index contributed by atoms with van der Waals surface area (Å²) in [5, 5.41) is 0. The van der Waals surface area contributed by atoms with Gasteiger partial charge in [0.05, 0.1) is 6.54 Å². The number of nitrogens with two attached hydrogens (primary N) is 1. The van der Waals surface area contributed by atoms with E-state index in [1.54, 1.807) is 0 Å². The summed E-state index contributed by atoms with van der Waals surface area (Å²) >= 11 is 0. The number of hydrogen-bond donors (Lipinski definition) is 1. The zero-order valence-corrected chi connectivity index (χ0v) is 7.72. The molecule has 4 nitrogen and oxygen atoms in total. The first-order valence-electron chi connectivity index (χ1n) is 4.49. The minimum absolute atomic E-state index is 0.0461. The van der Waals surface area contributed by atoms with Crippen LogP contribution < -0.4 is 10.5 Å². The SMILES string of the molecule is NC1=NCC(COc2ccccc2)O1. The lowest BCUT2D eigenvalue weighted by Crippen LogP contribution is -2.24. The molecule has 0 saturated heterocycles. The number of benzene rings is 1. The van der Waals surface area contributed by atoms with Crippen LogP contribution in [0.4, 0.5) is 0 Å². The fourth-order valence-electron chi connectivity index (χ4n) is 1.23. The van der Waals surface area contributed by atoms with Crippen LogP contribution in [0.1, 0.15) is 0 Å². The van der Waals surface area contributed by atoms with E-state index >= 15 is 0 Å². The van der Waals surface area contributed by atoms with Crippen LogP contribution in [0, 0.1) is 0 Å². The smallest absolute Gasteiger partial charge is 0.282 e. The van der Waals surface area contributed by atoms with E-state index in [0.29, 0.717) is 13.2 Å². The molecule has 74 valence electrons. The molecule has 1 aromatic carbocycles. The summed E-state index contributed by atoms with van der Waals surface area (Å²) in [7, 11) is 0. The number of ether oxygens (including phenoxy) is 2. The van der Waals surface area contributed by atoms with Crippen LogP contribution in [0.25, 0.3) is 0 Å². The minimum Gasteiger partial charge on any atom is -0.490 e. The third-order valence-corrected chi connectivity index (χ3v) is 1.92. The summed E-state index contributed by atoms with van der Waals surface area (Å²) in [6.07, 6.45) is -0.0461. The molecule has 0 fully saturated rings. The highest BCUT2D eigenvalue weighted by atomic mass is 16.5. The summed E-state index contributed by atoms with van der Waals surface area (Å²) in [5.74, 6) is 0.835. The van der Waals surface area contributed by atoms with Gasteiger partial charge in [-0.1, -0.05) is 18.2 Å². The van der Waals surface area contributed by atoms with Crippen molar-refractivity contribution in [2.75, 3.05) is 13.2 Å². The van der Waals surface area contributed by atoms with Gasteiger partial charge in [-0.2, -0.15) is 0 Å². The Morgan fingerprint density at radius 3 is 2.86 bits per heavy atom. The topological polar surface area (TPSA) is 56.8 Å². The van der Waals surface area contributed by atoms with E-state index in [1.165, 1.54) is 0 Å². The molecule has 1 aliphatic heterocycles. The Balaban J connectivity index is 1.79. The summed E-state index contributed by atoms with van der Waals surface area (Å²) in [5.41, 5.74) is 5.37. The van der Waals surface area contributed by atoms with Gasteiger partial charge in [0, 0.05) is 0 Å². The van der Waals surface area contributed by atoms with Gasteiger partial charge >= 0.3 is 0 Å². The van der Waals surface area contributed by atoms with Crippen molar-refractivity contribution in [2.45, 2.75) is 6.10 Å². The molecule has 0 aromatic heterocycles. The molecule has 0 aliphatic carbocycles. The Bertz CT molecular complexity index is 324. The van der Waals surface area contributed by atoms with E-state index < -0.39 is 0 Å². The minimum atomic E-state index is -0.0461. The van der Waals surface area contributed by atoms with E-state index in [4.69, 9.17) is 15.2 Å². The molecule has 0 radical (unpaired) electrons. The molecular formula is C10H12N2O2. The van der Waals surface area contributed by atoms with Gasteiger partial charge in [0.25, 0.3) is 6.02 Å². The zero-order chi connectivity index (χ0) is 9.80.